The van der Waals surface area contributed by atoms with Gasteiger partial charge in [-0.25, -0.2) is 0 Å². The van der Waals surface area contributed by atoms with Crippen molar-refractivity contribution in [2.75, 3.05) is 4.90 Å². The molecule has 4 aromatic carbocycles. The van der Waals surface area contributed by atoms with Crippen molar-refractivity contribution in [2.24, 2.45) is 0 Å². The predicted octanol–water partition coefficient (Wildman–Crippen LogP) is 5.88. The standard InChI is InChI=1S/C30H24N2O2S/c1-19-14-20(2)16-21(15-19)17-23-13-12-22-8-6-7-11-25(22)26(23)18-27-28(33)31-30(35)32(29(27)34)24-9-4-3-5-10-24/h3-16,18H,17H2,1-2H3,(H,31,33,35)/b27-18-. The van der Waals surface area contributed by atoms with Gasteiger partial charge in [-0.15, -0.1) is 0 Å². The summed E-state index contributed by atoms with van der Waals surface area (Å²) in [5.41, 5.74) is 6.16. The minimum absolute atomic E-state index is 0.0560. The van der Waals surface area contributed by atoms with Crippen LogP contribution in [0.5, 0.6) is 0 Å². The van der Waals surface area contributed by atoms with Crippen molar-refractivity contribution < 1.29 is 9.59 Å². The number of amides is 2. The summed E-state index contributed by atoms with van der Waals surface area (Å²) in [5.74, 6) is -0.923. The summed E-state index contributed by atoms with van der Waals surface area (Å²) in [5, 5.41) is 4.80. The number of carbonyl (C=O) groups is 2. The minimum Gasteiger partial charge on any atom is -0.298 e. The van der Waals surface area contributed by atoms with Gasteiger partial charge in [0.15, 0.2) is 5.11 Å². The molecule has 35 heavy (non-hydrogen) atoms. The molecule has 0 spiro atoms. The summed E-state index contributed by atoms with van der Waals surface area (Å²) >= 11 is 5.34. The predicted molar refractivity (Wildman–Crippen MR) is 145 cm³/mol. The molecular formula is C30H24N2O2S. The van der Waals surface area contributed by atoms with E-state index in [1.54, 1.807) is 18.2 Å². The molecule has 1 aliphatic rings. The van der Waals surface area contributed by atoms with Gasteiger partial charge in [0.25, 0.3) is 11.8 Å². The van der Waals surface area contributed by atoms with Crippen LogP contribution in [-0.4, -0.2) is 16.9 Å². The average molecular weight is 477 g/mol. The zero-order chi connectivity index (χ0) is 24.5. The van der Waals surface area contributed by atoms with E-state index in [-0.39, 0.29) is 10.7 Å². The number of anilines is 1. The van der Waals surface area contributed by atoms with Gasteiger partial charge in [-0.05, 0) is 78.2 Å². The molecule has 4 nitrogen and oxygen atoms in total. The molecule has 1 aliphatic heterocycles. The van der Waals surface area contributed by atoms with Crippen LogP contribution in [0.15, 0.2) is 90.5 Å². The van der Waals surface area contributed by atoms with Crippen molar-refractivity contribution in [2.45, 2.75) is 20.3 Å². The van der Waals surface area contributed by atoms with Gasteiger partial charge in [-0.2, -0.15) is 0 Å². The lowest BCUT2D eigenvalue weighted by molar-refractivity contribution is -0.122. The van der Waals surface area contributed by atoms with Gasteiger partial charge in [0.1, 0.15) is 5.57 Å². The van der Waals surface area contributed by atoms with Gasteiger partial charge < -0.3 is 0 Å². The molecular weight excluding hydrogens is 452 g/mol. The van der Waals surface area contributed by atoms with E-state index in [9.17, 15) is 9.59 Å². The molecule has 0 aliphatic carbocycles. The maximum Gasteiger partial charge on any atom is 0.270 e. The summed E-state index contributed by atoms with van der Waals surface area (Å²) in [4.78, 5) is 27.9. The Morgan fingerprint density at radius 1 is 0.857 bits per heavy atom. The molecule has 5 heteroatoms. The molecule has 1 N–H and O–H groups in total. The van der Waals surface area contributed by atoms with Crippen LogP contribution >= 0.6 is 12.2 Å². The second-order valence-electron chi connectivity index (χ2n) is 8.83. The van der Waals surface area contributed by atoms with E-state index in [2.05, 4.69) is 49.5 Å². The van der Waals surface area contributed by atoms with Crippen LogP contribution in [0, 0.1) is 13.8 Å². The smallest absolute Gasteiger partial charge is 0.270 e. The highest BCUT2D eigenvalue weighted by Gasteiger charge is 2.34. The summed E-state index contributed by atoms with van der Waals surface area (Å²) in [7, 11) is 0. The lowest BCUT2D eigenvalue weighted by Gasteiger charge is -2.29. The maximum atomic E-state index is 13.6. The van der Waals surface area contributed by atoms with Crippen molar-refractivity contribution >= 4 is 51.7 Å². The van der Waals surface area contributed by atoms with Gasteiger partial charge >= 0.3 is 0 Å². The van der Waals surface area contributed by atoms with Gasteiger partial charge in [-0.3, -0.25) is 19.8 Å². The summed E-state index contributed by atoms with van der Waals surface area (Å²) in [6.07, 6.45) is 2.40. The van der Waals surface area contributed by atoms with Gasteiger partial charge in [0.2, 0.25) is 0 Å². The van der Waals surface area contributed by atoms with Crippen molar-refractivity contribution in [3.63, 3.8) is 0 Å². The number of carbonyl (C=O) groups excluding carboxylic acids is 2. The van der Waals surface area contributed by atoms with E-state index in [0.717, 1.165) is 21.9 Å². The van der Waals surface area contributed by atoms with Crippen molar-refractivity contribution in [3.8, 4) is 0 Å². The average Bonchev–Trinajstić information content (AvgIpc) is 2.82. The first-order chi connectivity index (χ1) is 16.9. The number of thiocarbonyl (C=S) groups is 1. The molecule has 0 radical (unpaired) electrons. The monoisotopic (exact) mass is 476 g/mol. The third-order valence-corrected chi connectivity index (χ3v) is 6.43. The molecule has 0 aromatic heterocycles. The summed E-state index contributed by atoms with van der Waals surface area (Å²) in [6.45, 7) is 4.18. The van der Waals surface area contributed by atoms with Crippen molar-refractivity contribution in [1.82, 2.24) is 5.32 Å². The van der Waals surface area contributed by atoms with Crippen LogP contribution in [0.2, 0.25) is 0 Å². The molecule has 1 saturated heterocycles. The number of fused-ring (bicyclic) bond motifs is 1. The normalized spacial score (nSPS) is 15.1. The maximum absolute atomic E-state index is 13.6. The Labute approximate surface area is 209 Å². The fourth-order valence-corrected chi connectivity index (χ4v) is 4.95. The lowest BCUT2D eigenvalue weighted by atomic mass is 9.91. The van der Waals surface area contributed by atoms with Crippen LogP contribution in [0.4, 0.5) is 5.69 Å². The zero-order valence-corrected chi connectivity index (χ0v) is 20.4. The van der Waals surface area contributed by atoms with Gasteiger partial charge in [-0.1, -0.05) is 83.9 Å². The summed E-state index contributed by atoms with van der Waals surface area (Å²) in [6, 6.07) is 27.8. The Kier molecular flexibility index (Phi) is 6.01. The quantitative estimate of drug-likeness (QED) is 0.227. The van der Waals surface area contributed by atoms with E-state index < -0.39 is 11.8 Å². The molecule has 0 unspecified atom stereocenters. The van der Waals surface area contributed by atoms with Crippen LogP contribution < -0.4 is 10.2 Å². The van der Waals surface area contributed by atoms with Gasteiger partial charge in [0, 0.05) is 0 Å². The molecule has 172 valence electrons. The first-order valence-electron chi connectivity index (χ1n) is 11.4. The number of hydrogen-bond acceptors (Lipinski definition) is 3. The van der Waals surface area contributed by atoms with E-state index in [1.165, 1.54) is 21.6 Å². The topological polar surface area (TPSA) is 49.4 Å². The molecule has 2 amide bonds. The SMILES string of the molecule is Cc1cc(C)cc(Cc2ccc3ccccc3c2/C=C2/C(=O)NC(=S)N(c3ccccc3)C2=O)c1. The van der Waals surface area contributed by atoms with Crippen LogP contribution in [-0.2, 0) is 16.0 Å². The number of para-hydroxylation sites is 1. The highest BCUT2D eigenvalue weighted by Crippen LogP contribution is 2.29. The number of aryl methyl sites for hydroxylation is 2. The fraction of sp³-hybridized carbons (Fsp3) is 0.100. The number of nitrogens with one attached hydrogen (secondary N) is 1. The van der Waals surface area contributed by atoms with E-state index >= 15 is 0 Å². The van der Waals surface area contributed by atoms with E-state index in [4.69, 9.17) is 12.2 Å². The molecule has 0 atom stereocenters. The Bertz CT molecular complexity index is 1500. The number of benzene rings is 4. The number of nitrogens with zero attached hydrogens (tertiary/aromatic N) is 1. The number of hydrogen-bond donors (Lipinski definition) is 1. The highest BCUT2D eigenvalue weighted by molar-refractivity contribution is 7.80. The van der Waals surface area contributed by atoms with E-state index in [1.807, 2.05) is 42.5 Å². The second kappa shape index (κ2) is 9.28. The van der Waals surface area contributed by atoms with E-state index in [0.29, 0.717) is 12.1 Å². The highest BCUT2D eigenvalue weighted by atomic mass is 32.1. The first kappa shape index (κ1) is 22.7. The molecule has 0 bridgehead atoms. The molecule has 4 aromatic rings. The Morgan fingerprint density at radius 2 is 1.54 bits per heavy atom. The van der Waals surface area contributed by atoms with Crippen molar-refractivity contribution in [3.05, 3.63) is 118 Å². The number of rotatable bonds is 4. The van der Waals surface area contributed by atoms with Gasteiger partial charge in [0.05, 0.1) is 5.69 Å². The molecule has 1 heterocycles. The largest absolute Gasteiger partial charge is 0.298 e. The van der Waals surface area contributed by atoms with Crippen LogP contribution in [0.1, 0.15) is 27.8 Å². The Hall–Kier alpha value is -4.09. The summed E-state index contributed by atoms with van der Waals surface area (Å²) < 4.78 is 0. The zero-order valence-electron chi connectivity index (χ0n) is 19.5. The minimum atomic E-state index is -0.488. The fourth-order valence-electron chi connectivity index (χ4n) is 4.67. The second-order valence-corrected chi connectivity index (χ2v) is 9.21. The Balaban J connectivity index is 1.65. The first-order valence-corrected chi connectivity index (χ1v) is 11.9. The van der Waals surface area contributed by atoms with Crippen LogP contribution in [0.25, 0.3) is 16.8 Å². The van der Waals surface area contributed by atoms with Crippen LogP contribution in [0.3, 0.4) is 0 Å². The molecule has 1 fully saturated rings. The third kappa shape index (κ3) is 4.51. The lowest BCUT2D eigenvalue weighted by Crippen LogP contribution is -2.54. The van der Waals surface area contributed by atoms with Crippen molar-refractivity contribution in [1.29, 1.82) is 0 Å². The third-order valence-electron chi connectivity index (χ3n) is 6.14. The Morgan fingerprint density at radius 3 is 2.29 bits per heavy atom. The molecule has 5 rings (SSSR count). The molecule has 0 saturated carbocycles.